The number of hydroxylamine groups is 1. The Morgan fingerprint density at radius 3 is 2.83 bits per heavy atom. The Bertz CT molecular complexity index is 537. The van der Waals surface area contributed by atoms with Gasteiger partial charge < -0.3 is 0 Å². The summed E-state index contributed by atoms with van der Waals surface area (Å²) in [6.45, 7) is 2.19. The number of halogens is 1. The van der Waals surface area contributed by atoms with Gasteiger partial charge >= 0.3 is 0 Å². The van der Waals surface area contributed by atoms with Crippen LogP contribution < -0.4 is 5.48 Å². The van der Waals surface area contributed by atoms with Crippen molar-refractivity contribution in [1.29, 1.82) is 0 Å². The van der Waals surface area contributed by atoms with Crippen LogP contribution in [0.1, 0.15) is 17.3 Å². The lowest BCUT2D eigenvalue weighted by atomic mass is 10.1. The van der Waals surface area contributed by atoms with E-state index in [0.29, 0.717) is 22.9 Å². The number of nitrogens with one attached hydrogen (secondary N) is 2. The second-order valence-electron chi connectivity index (χ2n) is 3.53. The summed E-state index contributed by atoms with van der Waals surface area (Å²) in [5.41, 5.74) is 4.21. The van der Waals surface area contributed by atoms with E-state index in [9.17, 15) is 4.79 Å². The van der Waals surface area contributed by atoms with E-state index in [4.69, 9.17) is 16.4 Å². The van der Waals surface area contributed by atoms with Gasteiger partial charge in [-0.25, -0.2) is 5.48 Å². The zero-order valence-corrected chi connectivity index (χ0v) is 10.5. The van der Waals surface area contributed by atoms with Crippen molar-refractivity contribution in [2.24, 2.45) is 0 Å². The number of carbonyl (C=O) groups is 1. The molecule has 5 nitrogen and oxygen atoms in total. The summed E-state index contributed by atoms with van der Waals surface area (Å²) in [6, 6.07) is 7.13. The van der Waals surface area contributed by atoms with Crippen LogP contribution in [0.5, 0.6) is 0 Å². The fraction of sp³-hybridized carbons (Fsp3) is 0.167. The van der Waals surface area contributed by atoms with E-state index in [2.05, 4.69) is 15.7 Å². The smallest absolute Gasteiger partial charge is 0.277 e. The number of nitrogens with zero attached hydrogens (tertiary/aromatic N) is 1. The van der Waals surface area contributed by atoms with Gasteiger partial charge in [0.15, 0.2) is 0 Å². The van der Waals surface area contributed by atoms with Crippen molar-refractivity contribution in [3.05, 3.63) is 41.0 Å². The molecule has 0 radical (unpaired) electrons. The predicted molar refractivity (Wildman–Crippen MR) is 68.1 cm³/mol. The highest BCUT2D eigenvalue weighted by Gasteiger charge is 2.15. The van der Waals surface area contributed by atoms with E-state index in [-0.39, 0.29) is 5.91 Å². The molecule has 0 bridgehead atoms. The highest BCUT2D eigenvalue weighted by atomic mass is 35.5. The lowest BCUT2D eigenvalue weighted by Crippen LogP contribution is -2.23. The molecular formula is C12H12ClN3O2. The molecule has 2 N–H and O–H groups in total. The molecule has 1 heterocycles. The predicted octanol–water partition coefficient (Wildman–Crippen LogP) is 2.41. The number of aromatic amines is 1. The second kappa shape index (κ2) is 5.66. The monoisotopic (exact) mass is 265 g/mol. The zero-order valence-electron chi connectivity index (χ0n) is 9.74. The molecule has 2 rings (SSSR count). The Morgan fingerprint density at radius 2 is 2.17 bits per heavy atom. The quantitative estimate of drug-likeness (QED) is 0.834. The maximum Gasteiger partial charge on any atom is 0.278 e. The number of aromatic nitrogens is 2. The Kier molecular flexibility index (Phi) is 3.96. The van der Waals surface area contributed by atoms with Crippen LogP contribution in [0.25, 0.3) is 11.3 Å². The summed E-state index contributed by atoms with van der Waals surface area (Å²) < 4.78 is 0. The van der Waals surface area contributed by atoms with Gasteiger partial charge in [-0.3, -0.25) is 14.7 Å². The largest absolute Gasteiger partial charge is 0.278 e. The Hall–Kier alpha value is -1.85. The molecule has 1 amide bonds. The SMILES string of the molecule is CCONC(=O)c1cn[nH]c1-c1ccc(Cl)cc1. The summed E-state index contributed by atoms with van der Waals surface area (Å²) in [4.78, 5) is 16.7. The summed E-state index contributed by atoms with van der Waals surface area (Å²) in [5, 5.41) is 7.30. The first kappa shape index (κ1) is 12.6. The van der Waals surface area contributed by atoms with Crippen LogP contribution >= 0.6 is 11.6 Å². The van der Waals surface area contributed by atoms with Gasteiger partial charge in [0.05, 0.1) is 24.1 Å². The molecule has 0 atom stereocenters. The molecule has 0 aliphatic carbocycles. The molecule has 2 aromatic rings. The van der Waals surface area contributed by atoms with Crippen molar-refractivity contribution < 1.29 is 9.63 Å². The van der Waals surface area contributed by atoms with Gasteiger partial charge in [0.2, 0.25) is 0 Å². The first-order valence-electron chi connectivity index (χ1n) is 5.43. The summed E-state index contributed by atoms with van der Waals surface area (Å²) in [5.74, 6) is -0.337. The molecular weight excluding hydrogens is 254 g/mol. The van der Waals surface area contributed by atoms with E-state index in [0.717, 1.165) is 5.56 Å². The van der Waals surface area contributed by atoms with Crippen LogP contribution in [-0.2, 0) is 4.84 Å². The van der Waals surface area contributed by atoms with Crippen LogP contribution in [0.3, 0.4) is 0 Å². The van der Waals surface area contributed by atoms with Crippen LogP contribution in [0.4, 0.5) is 0 Å². The van der Waals surface area contributed by atoms with E-state index < -0.39 is 0 Å². The molecule has 0 fully saturated rings. The average Bonchev–Trinajstić information content (AvgIpc) is 2.86. The second-order valence-corrected chi connectivity index (χ2v) is 3.97. The van der Waals surface area contributed by atoms with Crippen molar-refractivity contribution in [2.75, 3.05) is 6.61 Å². The minimum absolute atomic E-state index is 0.337. The number of hydrogen-bond acceptors (Lipinski definition) is 3. The molecule has 94 valence electrons. The van der Waals surface area contributed by atoms with E-state index in [1.807, 2.05) is 12.1 Å². The standard InChI is InChI=1S/C12H12ClN3O2/c1-2-18-16-12(17)10-7-14-15-11(10)8-3-5-9(13)6-4-8/h3-7H,2H2,1H3,(H,14,15)(H,16,17). The maximum atomic E-state index is 11.8. The molecule has 0 spiro atoms. The van der Waals surface area contributed by atoms with Crippen LogP contribution in [0.15, 0.2) is 30.5 Å². The van der Waals surface area contributed by atoms with Crippen molar-refractivity contribution in [1.82, 2.24) is 15.7 Å². The van der Waals surface area contributed by atoms with E-state index >= 15 is 0 Å². The molecule has 6 heteroatoms. The Morgan fingerprint density at radius 1 is 1.44 bits per heavy atom. The zero-order chi connectivity index (χ0) is 13.0. The molecule has 0 aliphatic rings. The molecule has 18 heavy (non-hydrogen) atoms. The van der Waals surface area contributed by atoms with Crippen molar-refractivity contribution >= 4 is 17.5 Å². The van der Waals surface area contributed by atoms with Crippen LogP contribution in [-0.4, -0.2) is 22.7 Å². The minimum Gasteiger partial charge on any atom is -0.277 e. The number of hydrogen-bond donors (Lipinski definition) is 2. The molecule has 0 saturated carbocycles. The topological polar surface area (TPSA) is 67.0 Å². The van der Waals surface area contributed by atoms with E-state index in [1.54, 1.807) is 19.1 Å². The number of carbonyl (C=O) groups excluding carboxylic acids is 1. The highest BCUT2D eigenvalue weighted by molar-refractivity contribution is 6.30. The Labute approximate surface area is 109 Å². The van der Waals surface area contributed by atoms with Crippen molar-refractivity contribution in [3.63, 3.8) is 0 Å². The fourth-order valence-corrected chi connectivity index (χ4v) is 1.61. The lowest BCUT2D eigenvalue weighted by Gasteiger charge is -2.04. The van der Waals surface area contributed by atoms with Gasteiger partial charge in [0, 0.05) is 10.6 Å². The van der Waals surface area contributed by atoms with Crippen LogP contribution in [0.2, 0.25) is 5.02 Å². The van der Waals surface area contributed by atoms with Gasteiger partial charge in [-0.2, -0.15) is 5.10 Å². The Balaban J connectivity index is 2.27. The van der Waals surface area contributed by atoms with Gasteiger partial charge in [-0.05, 0) is 19.1 Å². The summed E-state index contributed by atoms with van der Waals surface area (Å²) >= 11 is 5.82. The maximum absolute atomic E-state index is 11.8. The third-order valence-corrected chi connectivity index (χ3v) is 2.58. The number of H-pyrrole nitrogens is 1. The molecule has 1 aromatic heterocycles. The molecule has 0 unspecified atom stereocenters. The van der Waals surface area contributed by atoms with Gasteiger partial charge in [0.25, 0.3) is 5.91 Å². The molecule has 0 saturated heterocycles. The summed E-state index contributed by atoms with van der Waals surface area (Å²) in [6.07, 6.45) is 1.46. The first-order chi connectivity index (χ1) is 8.72. The number of benzene rings is 1. The average molecular weight is 266 g/mol. The fourth-order valence-electron chi connectivity index (χ4n) is 1.49. The van der Waals surface area contributed by atoms with Crippen LogP contribution in [0, 0.1) is 0 Å². The van der Waals surface area contributed by atoms with Gasteiger partial charge in [-0.15, -0.1) is 0 Å². The van der Waals surface area contributed by atoms with Gasteiger partial charge in [0.1, 0.15) is 0 Å². The van der Waals surface area contributed by atoms with Crippen molar-refractivity contribution in [3.8, 4) is 11.3 Å². The minimum atomic E-state index is -0.337. The molecule has 1 aromatic carbocycles. The van der Waals surface area contributed by atoms with E-state index in [1.165, 1.54) is 6.20 Å². The third kappa shape index (κ3) is 2.69. The van der Waals surface area contributed by atoms with Gasteiger partial charge in [-0.1, -0.05) is 23.7 Å². The summed E-state index contributed by atoms with van der Waals surface area (Å²) in [7, 11) is 0. The first-order valence-corrected chi connectivity index (χ1v) is 5.81. The number of rotatable bonds is 4. The van der Waals surface area contributed by atoms with Crippen molar-refractivity contribution in [2.45, 2.75) is 6.92 Å². The highest BCUT2D eigenvalue weighted by Crippen LogP contribution is 2.22. The molecule has 0 aliphatic heterocycles. The number of amides is 1. The lowest BCUT2D eigenvalue weighted by molar-refractivity contribution is 0.0365. The normalized spacial score (nSPS) is 10.3. The third-order valence-electron chi connectivity index (χ3n) is 2.33.